The second-order valence-corrected chi connectivity index (χ2v) is 8.47. The fourth-order valence-corrected chi connectivity index (χ4v) is 4.29. The van der Waals surface area contributed by atoms with Gasteiger partial charge in [0.25, 0.3) is 0 Å². The van der Waals surface area contributed by atoms with Crippen LogP contribution in [-0.4, -0.2) is 29.7 Å². The lowest BCUT2D eigenvalue weighted by molar-refractivity contribution is -0.120. The molecule has 1 amide bonds. The third-order valence-corrected chi connectivity index (χ3v) is 5.72. The zero-order chi connectivity index (χ0) is 21.0. The van der Waals surface area contributed by atoms with E-state index in [9.17, 15) is 18.7 Å². The van der Waals surface area contributed by atoms with Crippen molar-refractivity contribution in [1.29, 1.82) is 0 Å². The number of fused-ring (bicyclic) bond motifs is 1. The summed E-state index contributed by atoms with van der Waals surface area (Å²) in [6.45, 7) is 1.60. The average molecular weight is 467 g/mol. The van der Waals surface area contributed by atoms with E-state index in [4.69, 9.17) is 0 Å². The molecule has 3 N–H and O–H groups in total. The molecule has 0 radical (unpaired) electrons. The van der Waals surface area contributed by atoms with Crippen molar-refractivity contribution in [3.63, 3.8) is 0 Å². The number of aliphatic hydroxyl groups excluding tert-OH is 1. The number of nitrogens with one attached hydrogen (secondary N) is 2. The molecule has 0 fully saturated rings. The van der Waals surface area contributed by atoms with Crippen LogP contribution in [0.15, 0.2) is 40.9 Å². The maximum atomic E-state index is 13.5. The second kappa shape index (κ2) is 9.78. The summed E-state index contributed by atoms with van der Waals surface area (Å²) in [5.74, 6) is -1.67. The lowest BCUT2D eigenvalue weighted by Gasteiger charge is -2.30. The first-order valence-electron chi connectivity index (χ1n) is 9.73. The number of hydrogen-bond acceptors (Lipinski definition) is 3. The van der Waals surface area contributed by atoms with Crippen molar-refractivity contribution in [2.24, 2.45) is 0 Å². The van der Waals surface area contributed by atoms with Crippen LogP contribution in [-0.2, 0) is 17.6 Å². The first kappa shape index (κ1) is 21.9. The minimum atomic E-state index is -0.914. The van der Waals surface area contributed by atoms with Gasteiger partial charge in [-0.1, -0.05) is 22.0 Å². The van der Waals surface area contributed by atoms with E-state index in [1.165, 1.54) is 30.2 Å². The number of amides is 1. The molecule has 29 heavy (non-hydrogen) atoms. The SMILES string of the molecule is CC(=O)N[C@@H](Cc1cc(F)cc(F)c1)[C@@H](O)CN[C@H]1CCCc2ccc(Br)cc21. The van der Waals surface area contributed by atoms with Crippen LogP contribution in [0.1, 0.15) is 42.5 Å². The van der Waals surface area contributed by atoms with Gasteiger partial charge >= 0.3 is 0 Å². The van der Waals surface area contributed by atoms with E-state index in [1.54, 1.807) is 0 Å². The average Bonchev–Trinajstić information content (AvgIpc) is 2.64. The Morgan fingerprint density at radius 3 is 2.66 bits per heavy atom. The molecule has 1 aliphatic carbocycles. The summed E-state index contributed by atoms with van der Waals surface area (Å²) in [7, 11) is 0. The lowest BCUT2D eigenvalue weighted by atomic mass is 9.87. The highest BCUT2D eigenvalue weighted by Gasteiger charge is 2.25. The smallest absolute Gasteiger partial charge is 0.217 e. The van der Waals surface area contributed by atoms with Crippen LogP contribution in [0.5, 0.6) is 0 Å². The van der Waals surface area contributed by atoms with Gasteiger partial charge in [-0.3, -0.25) is 4.79 Å². The molecule has 156 valence electrons. The van der Waals surface area contributed by atoms with Crippen molar-refractivity contribution in [2.45, 2.75) is 50.8 Å². The summed E-state index contributed by atoms with van der Waals surface area (Å²) in [6.07, 6.45) is 2.26. The summed E-state index contributed by atoms with van der Waals surface area (Å²) < 4.78 is 28.0. The molecule has 0 heterocycles. The van der Waals surface area contributed by atoms with Crippen LogP contribution >= 0.6 is 15.9 Å². The van der Waals surface area contributed by atoms with Gasteiger partial charge in [0.15, 0.2) is 0 Å². The minimum absolute atomic E-state index is 0.107. The molecule has 4 nitrogen and oxygen atoms in total. The van der Waals surface area contributed by atoms with E-state index in [-0.39, 0.29) is 24.9 Å². The van der Waals surface area contributed by atoms with Crippen LogP contribution in [0.4, 0.5) is 8.78 Å². The summed E-state index contributed by atoms with van der Waals surface area (Å²) in [5.41, 5.74) is 2.88. The van der Waals surface area contributed by atoms with Crippen LogP contribution in [0.3, 0.4) is 0 Å². The normalized spacial score (nSPS) is 18.0. The molecular weight excluding hydrogens is 442 g/mol. The Morgan fingerprint density at radius 2 is 1.97 bits per heavy atom. The maximum Gasteiger partial charge on any atom is 0.217 e. The number of aliphatic hydroxyl groups is 1. The van der Waals surface area contributed by atoms with Crippen molar-refractivity contribution >= 4 is 21.8 Å². The third-order valence-electron chi connectivity index (χ3n) is 5.23. The Kier molecular flexibility index (Phi) is 7.38. The van der Waals surface area contributed by atoms with Gasteiger partial charge in [0.2, 0.25) is 5.91 Å². The molecule has 1 aliphatic rings. The van der Waals surface area contributed by atoms with Crippen LogP contribution in [0.25, 0.3) is 0 Å². The molecular formula is C22H25BrF2N2O2. The predicted octanol–water partition coefficient (Wildman–Crippen LogP) is 3.80. The van der Waals surface area contributed by atoms with E-state index in [0.29, 0.717) is 5.56 Å². The van der Waals surface area contributed by atoms with Gasteiger partial charge in [0.1, 0.15) is 11.6 Å². The zero-order valence-electron chi connectivity index (χ0n) is 16.2. The lowest BCUT2D eigenvalue weighted by Crippen LogP contribution is -2.48. The molecule has 0 bridgehead atoms. The quantitative estimate of drug-likeness (QED) is 0.581. The molecule has 0 saturated carbocycles. The van der Waals surface area contributed by atoms with E-state index in [1.807, 2.05) is 6.07 Å². The number of hydrogen-bond donors (Lipinski definition) is 3. The molecule has 2 aromatic carbocycles. The molecule has 0 aliphatic heterocycles. The highest BCUT2D eigenvalue weighted by Crippen LogP contribution is 2.31. The van der Waals surface area contributed by atoms with Gasteiger partial charge in [-0.05, 0) is 66.6 Å². The predicted molar refractivity (Wildman–Crippen MR) is 111 cm³/mol. The highest BCUT2D eigenvalue weighted by atomic mass is 79.9. The summed E-state index contributed by atoms with van der Waals surface area (Å²) in [5, 5.41) is 16.8. The Labute approximate surface area is 177 Å². The number of carbonyl (C=O) groups excluding carboxylic acids is 1. The molecule has 7 heteroatoms. The number of rotatable bonds is 7. The van der Waals surface area contributed by atoms with E-state index in [2.05, 4.69) is 38.7 Å². The van der Waals surface area contributed by atoms with Crippen LogP contribution in [0.2, 0.25) is 0 Å². The second-order valence-electron chi connectivity index (χ2n) is 7.55. The maximum absolute atomic E-state index is 13.5. The van der Waals surface area contributed by atoms with Crippen molar-refractivity contribution in [2.75, 3.05) is 6.54 Å². The van der Waals surface area contributed by atoms with E-state index >= 15 is 0 Å². The molecule has 0 aromatic heterocycles. The molecule has 3 atom stereocenters. The van der Waals surface area contributed by atoms with Crippen molar-refractivity contribution < 1.29 is 18.7 Å². The number of carbonyl (C=O) groups is 1. The van der Waals surface area contributed by atoms with Crippen LogP contribution < -0.4 is 10.6 Å². The summed E-state index contributed by atoms with van der Waals surface area (Å²) in [4.78, 5) is 11.6. The van der Waals surface area contributed by atoms with Gasteiger partial charge in [0.05, 0.1) is 12.1 Å². The molecule has 0 saturated heterocycles. The Bertz CT molecular complexity index is 858. The van der Waals surface area contributed by atoms with Crippen molar-refractivity contribution in [3.05, 3.63) is 69.2 Å². The Hall–Kier alpha value is -1.83. The molecule has 3 rings (SSSR count). The number of halogens is 3. The first-order valence-corrected chi connectivity index (χ1v) is 10.5. The Morgan fingerprint density at radius 1 is 1.24 bits per heavy atom. The molecule has 2 aromatic rings. The third kappa shape index (κ3) is 6.07. The molecule has 0 spiro atoms. The fraction of sp³-hybridized carbons (Fsp3) is 0.409. The van der Waals surface area contributed by atoms with E-state index in [0.717, 1.165) is 29.8 Å². The fourth-order valence-electron chi connectivity index (χ4n) is 3.91. The molecule has 0 unspecified atom stereocenters. The summed E-state index contributed by atoms with van der Waals surface area (Å²) >= 11 is 3.51. The van der Waals surface area contributed by atoms with Gasteiger partial charge in [-0.2, -0.15) is 0 Å². The van der Waals surface area contributed by atoms with Crippen molar-refractivity contribution in [3.8, 4) is 0 Å². The van der Waals surface area contributed by atoms with Crippen molar-refractivity contribution in [1.82, 2.24) is 10.6 Å². The topological polar surface area (TPSA) is 61.4 Å². The number of aryl methyl sites for hydroxylation is 1. The zero-order valence-corrected chi connectivity index (χ0v) is 17.8. The minimum Gasteiger partial charge on any atom is -0.390 e. The van der Waals surface area contributed by atoms with Gasteiger partial charge in [0, 0.05) is 30.0 Å². The largest absolute Gasteiger partial charge is 0.390 e. The van der Waals surface area contributed by atoms with E-state index < -0.39 is 23.8 Å². The van der Waals surface area contributed by atoms with Gasteiger partial charge in [-0.25, -0.2) is 8.78 Å². The first-order chi connectivity index (χ1) is 13.8. The van der Waals surface area contributed by atoms with Gasteiger partial charge in [-0.15, -0.1) is 0 Å². The number of benzene rings is 2. The monoisotopic (exact) mass is 466 g/mol. The highest BCUT2D eigenvalue weighted by molar-refractivity contribution is 9.10. The van der Waals surface area contributed by atoms with Crippen LogP contribution in [0, 0.1) is 11.6 Å². The van der Waals surface area contributed by atoms with Gasteiger partial charge < -0.3 is 15.7 Å². The summed E-state index contributed by atoms with van der Waals surface area (Å²) in [6, 6.07) is 8.91. The standard InChI is InChI=1S/C22H25BrF2N2O2/c1-13(28)27-21(9-14-7-17(24)11-18(25)8-14)22(29)12-26-20-4-2-3-15-5-6-16(23)10-19(15)20/h5-8,10-11,20-22,26,29H,2-4,9,12H2,1H3,(H,27,28)/t20-,21-,22-/m0/s1. The Balaban J connectivity index is 1.68.